The summed E-state index contributed by atoms with van der Waals surface area (Å²) in [4.78, 5) is 13.7. The van der Waals surface area contributed by atoms with Gasteiger partial charge in [-0.05, 0) is 18.0 Å². The van der Waals surface area contributed by atoms with Gasteiger partial charge < -0.3 is 4.90 Å². The van der Waals surface area contributed by atoms with E-state index in [4.69, 9.17) is 23.2 Å². The zero-order valence-electron chi connectivity index (χ0n) is 11.2. The van der Waals surface area contributed by atoms with Crippen LogP contribution in [0.25, 0.3) is 10.9 Å². The van der Waals surface area contributed by atoms with E-state index in [1.807, 2.05) is 17.1 Å². The number of anilines is 1. The van der Waals surface area contributed by atoms with E-state index in [-0.39, 0.29) is 27.9 Å². The summed E-state index contributed by atoms with van der Waals surface area (Å²) in [5.41, 5.74) is -0.000172. The van der Waals surface area contributed by atoms with Crippen molar-refractivity contribution in [2.45, 2.75) is 18.6 Å². The van der Waals surface area contributed by atoms with Crippen LogP contribution in [-0.4, -0.2) is 33.7 Å². The fourth-order valence-corrected chi connectivity index (χ4v) is 3.26. The number of aromatic nitrogens is 3. The van der Waals surface area contributed by atoms with Gasteiger partial charge in [0, 0.05) is 18.7 Å². The molecule has 22 heavy (non-hydrogen) atoms. The predicted molar refractivity (Wildman–Crippen MR) is 80.6 cm³/mol. The van der Waals surface area contributed by atoms with Crippen LogP contribution in [0.4, 0.5) is 14.6 Å². The Labute approximate surface area is 134 Å². The van der Waals surface area contributed by atoms with Crippen LogP contribution in [-0.2, 0) is 0 Å². The van der Waals surface area contributed by atoms with Crippen LogP contribution in [0.1, 0.15) is 6.42 Å². The van der Waals surface area contributed by atoms with Crippen molar-refractivity contribution in [3.05, 3.63) is 34.6 Å². The lowest BCUT2D eigenvalue weighted by atomic mass is 10.2. The SMILES string of the molecule is Fc1c(Cl)ncc2c(N3CCC=C[C@H]4[C@H](F)[C@H]43)nc(Cl)nc12. The summed E-state index contributed by atoms with van der Waals surface area (Å²) in [6.07, 6.45) is 5.04. The first-order chi connectivity index (χ1) is 10.6. The Morgan fingerprint density at radius 3 is 2.91 bits per heavy atom. The average molecular weight is 343 g/mol. The highest BCUT2D eigenvalue weighted by atomic mass is 35.5. The second kappa shape index (κ2) is 4.99. The van der Waals surface area contributed by atoms with E-state index in [0.717, 1.165) is 6.42 Å². The van der Waals surface area contributed by atoms with Crippen molar-refractivity contribution < 1.29 is 8.78 Å². The van der Waals surface area contributed by atoms with Crippen molar-refractivity contribution in [3.63, 3.8) is 0 Å². The molecule has 2 aromatic rings. The molecule has 3 heterocycles. The van der Waals surface area contributed by atoms with Gasteiger partial charge in [-0.2, -0.15) is 4.98 Å². The van der Waals surface area contributed by atoms with Gasteiger partial charge in [-0.3, -0.25) is 0 Å². The molecule has 0 bridgehead atoms. The summed E-state index contributed by atoms with van der Waals surface area (Å²) >= 11 is 11.6. The van der Waals surface area contributed by atoms with Crippen molar-refractivity contribution in [2.75, 3.05) is 11.4 Å². The summed E-state index contributed by atoms with van der Waals surface area (Å²) in [6.45, 7) is 0.574. The third-order valence-electron chi connectivity index (χ3n) is 4.07. The standard InChI is InChI=1S/C14H10Cl2F2N4/c15-12-9(18)10-7(5-19-12)13(21-14(16)20-10)22-4-2-1-3-6-8(17)11(6)22/h1,3,5-6,8,11H,2,4H2/t6-,8-,11-/m0/s1. The van der Waals surface area contributed by atoms with Gasteiger partial charge in [0.25, 0.3) is 0 Å². The molecule has 0 saturated heterocycles. The van der Waals surface area contributed by atoms with Crippen molar-refractivity contribution in [1.82, 2.24) is 15.0 Å². The van der Waals surface area contributed by atoms with Gasteiger partial charge in [0.15, 0.2) is 11.0 Å². The van der Waals surface area contributed by atoms with E-state index in [9.17, 15) is 8.78 Å². The number of halogens is 4. The fraction of sp³-hybridized carbons (Fsp3) is 0.357. The first-order valence-corrected chi connectivity index (χ1v) is 7.58. The minimum Gasteiger partial charge on any atom is -0.349 e. The van der Waals surface area contributed by atoms with E-state index in [0.29, 0.717) is 17.7 Å². The lowest BCUT2D eigenvalue weighted by Crippen LogP contribution is -2.30. The van der Waals surface area contributed by atoms with Crippen molar-refractivity contribution in [3.8, 4) is 0 Å². The van der Waals surface area contributed by atoms with Crippen LogP contribution < -0.4 is 4.90 Å². The maximum atomic E-state index is 14.1. The molecule has 3 atom stereocenters. The second-order valence-electron chi connectivity index (χ2n) is 5.36. The Bertz CT molecular complexity index is 798. The molecule has 1 saturated carbocycles. The minimum absolute atomic E-state index is 0.000172. The van der Waals surface area contributed by atoms with E-state index in [1.54, 1.807) is 0 Å². The van der Waals surface area contributed by atoms with Gasteiger partial charge in [-0.15, -0.1) is 0 Å². The summed E-state index contributed by atoms with van der Waals surface area (Å²) in [7, 11) is 0. The number of pyridine rings is 1. The fourth-order valence-electron chi connectivity index (χ4n) is 2.95. The summed E-state index contributed by atoms with van der Waals surface area (Å²) in [5, 5.41) is -0.00190. The number of rotatable bonds is 1. The zero-order valence-corrected chi connectivity index (χ0v) is 12.7. The monoisotopic (exact) mass is 342 g/mol. The van der Waals surface area contributed by atoms with Crippen LogP contribution in [0.5, 0.6) is 0 Å². The molecule has 0 spiro atoms. The molecule has 0 amide bonds. The molecule has 114 valence electrons. The molecule has 8 heteroatoms. The van der Waals surface area contributed by atoms with Gasteiger partial charge in [0.05, 0.1) is 11.4 Å². The zero-order chi connectivity index (χ0) is 15.4. The van der Waals surface area contributed by atoms with Crippen molar-refractivity contribution in [2.24, 2.45) is 5.92 Å². The molecule has 0 aromatic carbocycles. The normalized spacial score (nSPS) is 26.9. The van der Waals surface area contributed by atoms with Crippen LogP contribution in [0.15, 0.2) is 18.3 Å². The van der Waals surface area contributed by atoms with E-state index in [1.165, 1.54) is 6.20 Å². The minimum atomic E-state index is -0.953. The van der Waals surface area contributed by atoms with Gasteiger partial charge >= 0.3 is 0 Å². The Balaban J connectivity index is 1.90. The lowest BCUT2D eigenvalue weighted by molar-refractivity contribution is 0.448. The first-order valence-electron chi connectivity index (χ1n) is 6.82. The molecule has 4 rings (SSSR count). The lowest BCUT2D eigenvalue weighted by Gasteiger charge is -2.24. The third kappa shape index (κ3) is 2.05. The molecule has 1 fully saturated rings. The summed E-state index contributed by atoms with van der Waals surface area (Å²) in [5.74, 6) is -0.505. The quantitative estimate of drug-likeness (QED) is 0.451. The molecule has 4 nitrogen and oxygen atoms in total. The van der Waals surface area contributed by atoms with Crippen molar-refractivity contribution >= 4 is 39.9 Å². The number of nitrogens with zero attached hydrogens (tertiary/aromatic N) is 4. The van der Waals surface area contributed by atoms with Gasteiger partial charge in [-0.1, -0.05) is 23.8 Å². The highest BCUT2D eigenvalue weighted by Gasteiger charge is 2.54. The largest absolute Gasteiger partial charge is 0.349 e. The summed E-state index contributed by atoms with van der Waals surface area (Å²) < 4.78 is 28.1. The van der Waals surface area contributed by atoms with Crippen LogP contribution in [0, 0.1) is 11.7 Å². The van der Waals surface area contributed by atoms with E-state index >= 15 is 0 Å². The second-order valence-corrected chi connectivity index (χ2v) is 6.06. The Kier molecular flexibility index (Phi) is 3.20. The Morgan fingerprint density at radius 2 is 2.09 bits per heavy atom. The molecule has 2 aromatic heterocycles. The van der Waals surface area contributed by atoms with Gasteiger partial charge in [0.2, 0.25) is 5.28 Å². The molecular formula is C14H10Cl2F2N4. The summed E-state index contributed by atoms with van der Waals surface area (Å²) in [6, 6.07) is -0.299. The molecular weight excluding hydrogens is 333 g/mol. The number of hydrogen-bond acceptors (Lipinski definition) is 4. The van der Waals surface area contributed by atoms with E-state index in [2.05, 4.69) is 15.0 Å². The van der Waals surface area contributed by atoms with Gasteiger partial charge in [-0.25, -0.2) is 18.7 Å². The maximum Gasteiger partial charge on any atom is 0.225 e. The molecule has 2 aliphatic rings. The molecule has 0 N–H and O–H groups in total. The first kappa shape index (κ1) is 14.1. The highest BCUT2D eigenvalue weighted by Crippen LogP contribution is 2.45. The maximum absolute atomic E-state index is 14.1. The predicted octanol–water partition coefficient (Wildman–Crippen LogP) is 3.57. The molecule has 1 aliphatic heterocycles. The molecule has 0 radical (unpaired) electrons. The Hall–Kier alpha value is -1.53. The molecule has 0 unspecified atom stereocenters. The Morgan fingerprint density at radius 1 is 1.27 bits per heavy atom. The molecule has 1 aliphatic carbocycles. The highest BCUT2D eigenvalue weighted by molar-refractivity contribution is 6.30. The van der Waals surface area contributed by atoms with Crippen LogP contribution >= 0.6 is 23.2 Å². The average Bonchev–Trinajstić information content (AvgIpc) is 3.18. The number of fused-ring (bicyclic) bond motifs is 2. The third-order valence-corrected chi connectivity index (χ3v) is 4.50. The van der Waals surface area contributed by atoms with Crippen LogP contribution in [0.3, 0.4) is 0 Å². The van der Waals surface area contributed by atoms with Gasteiger partial charge in [0.1, 0.15) is 17.5 Å². The van der Waals surface area contributed by atoms with Crippen molar-refractivity contribution in [1.29, 1.82) is 0 Å². The van der Waals surface area contributed by atoms with E-state index < -0.39 is 12.0 Å². The van der Waals surface area contributed by atoms with Crippen LogP contribution in [0.2, 0.25) is 10.4 Å². The number of hydrogen-bond donors (Lipinski definition) is 0. The topological polar surface area (TPSA) is 41.9 Å². The number of alkyl halides is 1. The smallest absolute Gasteiger partial charge is 0.225 e.